The highest BCUT2D eigenvalue weighted by Gasteiger charge is 2.15. The standard InChI is InChI=1S/C18H21FN2O5S2/c1-21(11-13-3-5-14(19)6-4-13)17(22)12-26-18(23)16-8-7-15(27-16)9-10-20-28(2,24)25/h3-8,20H,9-12H2,1-2H3. The fraction of sp³-hybridized carbons (Fsp3) is 0.333. The smallest absolute Gasteiger partial charge is 0.348 e. The van der Waals surface area contributed by atoms with E-state index in [1.54, 1.807) is 31.3 Å². The van der Waals surface area contributed by atoms with Gasteiger partial charge in [0, 0.05) is 25.0 Å². The highest BCUT2D eigenvalue weighted by molar-refractivity contribution is 7.88. The maximum absolute atomic E-state index is 12.9. The SMILES string of the molecule is CN(Cc1ccc(F)cc1)C(=O)COC(=O)c1ccc(CCNS(C)(=O)=O)s1. The summed E-state index contributed by atoms with van der Waals surface area (Å²) < 4.78 is 42.4. The van der Waals surface area contributed by atoms with Gasteiger partial charge >= 0.3 is 5.97 Å². The Kier molecular flexibility index (Phi) is 7.67. The van der Waals surface area contributed by atoms with Crippen molar-refractivity contribution in [3.63, 3.8) is 0 Å². The fourth-order valence-corrected chi connectivity index (χ4v) is 3.62. The van der Waals surface area contributed by atoms with Gasteiger partial charge < -0.3 is 9.64 Å². The minimum Gasteiger partial charge on any atom is -0.451 e. The molecule has 0 radical (unpaired) electrons. The number of hydrogen-bond donors (Lipinski definition) is 1. The topological polar surface area (TPSA) is 92.8 Å². The Labute approximate surface area is 167 Å². The van der Waals surface area contributed by atoms with Crippen LogP contribution in [0.4, 0.5) is 4.39 Å². The van der Waals surface area contributed by atoms with Gasteiger partial charge in [-0.2, -0.15) is 0 Å². The molecule has 0 spiro atoms. The zero-order valence-corrected chi connectivity index (χ0v) is 17.1. The Morgan fingerprint density at radius 3 is 2.50 bits per heavy atom. The third kappa shape index (κ3) is 7.37. The highest BCUT2D eigenvalue weighted by Crippen LogP contribution is 2.18. The van der Waals surface area contributed by atoms with Crippen LogP contribution in [0.15, 0.2) is 36.4 Å². The number of thiophene rings is 1. The molecule has 0 bridgehead atoms. The molecule has 0 aliphatic carbocycles. The van der Waals surface area contributed by atoms with E-state index in [4.69, 9.17) is 4.74 Å². The predicted octanol–water partition coefficient (Wildman–Crippen LogP) is 1.79. The van der Waals surface area contributed by atoms with Crippen molar-refractivity contribution in [3.8, 4) is 0 Å². The number of halogens is 1. The van der Waals surface area contributed by atoms with E-state index >= 15 is 0 Å². The monoisotopic (exact) mass is 428 g/mol. The zero-order chi connectivity index (χ0) is 20.7. The molecule has 2 aromatic rings. The van der Waals surface area contributed by atoms with Crippen LogP contribution < -0.4 is 4.72 Å². The Bertz CT molecular complexity index is 926. The second-order valence-electron chi connectivity index (χ2n) is 6.13. The zero-order valence-electron chi connectivity index (χ0n) is 15.5. The maximum atomic E-state index is 12.9. The van der Waals surface area contributed by atoms with Crippen molar-refractivity contribution in [1.29, 1.82) is 0 Å². The second kappa shape index (κ2) is 9.76. The highest BCUT2D eigenvalue weighted by atomic mass is 32.2. The Morgan fingerprint density at radius 2 is 1.86 bits per heavy atom. The molecule has 0 atom stereocenters. The molecule has 0 saturated heterocycles. The van der Waals surface area contributed by atoms with E-state index in [0.717, 1.165) is 16.7 Å². The minimum atomic E-state index is -3.25. The van der Waals surface area contributed by atoms with Crippen molar-refractivity contribution in [3.05, 3.63) is 57.5 Å². The first kappa shape index (κ1) is 22.0. The van der Waals surface area contributed by atoms with Crippen molar-refractivity contribution in [2.75, 3.05) is 26.5 Å². The second-order valence-corrected chi connectivity index (χ2v) is 9.14. The molecule has 0 saturated carbocycles. The Balaban J connectivity index is 1.79. The molecule has 1 heterocycles. The van der Waals surface area contributed by atoms with E-state index < -0.39 is 22.6 Å². The van der Waals surface area contributed by atoms with E-state index in [0.29, 0.717) is 11.3 Å². The molecule has 28 heavy (non-hydrogen) atoms. The molecule has 0 fully saturated rings. The average Bonchev–Trinajstić information content (AvgIpc) is 3.09. The number of benzene rings is 1. The van der Waals surface area contributed by atoms with Gasteiger partial charge in [0.1, 0.15) is 10.7 Å². The van der Waals surface area contributed by atoms with Crippen LogP contribution in [0, 0.1) is 5.82 Å². The largest absolute Gasteiger partial charge is 0.451 e. The number of sulfonamides is 1. The molecule has 0 aliphatic rings. The molecule has 152 valence electrons. The molecule has 1 aromatic carbocycles. The van der Waals surface area contributed by atoms with Crippen molar-refractivity contribution in [2.45, 2.75) is 13.0 Å². The molecule has 10 heteroatoms. The lowest BCUT2D eigenvalue weighted by molar-refractivity contribution is -0.133. The van der Waals surface area contributed by atoms with Gasteiger partial charge in [-0.15, -0.1) is 11.3 Å². The molecular formula is C18H21FN2O5S2. The van der Waals surface area contributed by atoms with Crippen molar-refractivity contribution in [2.24, 2.45) is 0 Å². The molecule has 1 amide bonds. The summed E-state index contributed by atoms with van der Waals surface area (Å²) in [5, 5.41) is 0. The summed E-state index contributed by atoms with van der Waals surface area (Å²) in [6, 6.07) is 9.08. The van der Waals surface area contributed by atoms with Crippen LogP contribution in [0.1, 0.15) is 20.1 Å². The summed E-state index contributed by atoms with van der Waals surface area (Å²) >= 11 is 1.19. The van der Waals surface area contributed by atoms with Crippen LogP contribution >= 0.6 is 11.3 Å². The van der Waals surface area contributed by atoms with Gasteiger partial charge in [-0.3, -0.25) is 4.79 Å². The normalized spacial score (nSPS) is 11.2. The van der Waals surface area contributed by atoms with Crippen molar-refractivity contribution in [1.82, 2.24) is 9.62 Å². The van der Waals surface area contributed by atoms with E-state index in [1.807, 2.05) is 0 Å². The number of likely N-dealkylation sites (N-methyl/N-ethyl adjacent to an activating group) is 1. The maximum Gasteiger partial charge on any atom is 0.348 e. The molecular weight excluding hydrogens is 407 g/mol. The first-order valence-corrected chi connectivity index (χ1v) is 11.0. The summed E-state index contributed by atoms with van der Waals surface area (Å²) in [5.41, 5.74) is 0.758. The summed E-state index contributed by atoms with van der Waals surface area (Å²) in [7, 11) is -1.69. The lowest BCUT2D eigenvalue weighted by Gasteiger charge is -2.17. The minimum absolute atomic E-state index is 0.237. The van der Waals surface area contributed by atoms with Crippen LogP contribution in [-0.2, 0) is 32.5 Å². The summed E-state index contributed by atoms with van der Waals surface area (Å²) in [6.45, 7) is 0.104. The van der Waals surface area contributed by atoms with Gasteiger partial charge in [0.15, 0.2) is 6.61 Å². The van der Waals surface area contributed by atoms with Crippen LogP contribution in [0.25, 0.3) is 0 Å². The number of rotatable bonds is 9. The number of amides is 1. The van der Waals surface area contributed by atoms with E-state index in [1.165, 1.54) is 28.4 Å². The van der Waals surface area contributed by atoms with Crippen molar-refractivity contribution < 1.29 is 27.1 Å². The quantitative estimate of drug-likeness (QED) is 0.615. The molecule has 7 nitrogen and oxygen atoms in total. The summed E-state index contributed by atoms with van der Waals surface area (Å²) in [4.78, 5) is 26.7. The molecule has 0 aliphatic heterocycles. The first-order chi connectivity index (χ1) is 13.1. The van der Waals surface area contributed by atoms with Gasteiger partial charge in [-0.25, -0.2) is 22.3 Å². The Hall–Kier alpha value is -2.30. The number of carbonyl (C=O) groups is 2. The van der Waals surface area contributed by atoms with Crippen LogP contribution in [0.2, 0.25) is 0 Å². The Morgan fingerprint density at radius 1 is 1.18 bits per heavy atom. The van der Waals surface area contributed by atoms with Crippen molar-refractivity contribution >= 4 is 33.2 Å². The molecule has 0 unspecified atom stereocenters. The number of ether oxygens (including phenoxy) is 1. The molecule has 1 aromatic heterocycles. The van der Waals surface area contributed by atoms with Crippen LogP contribution in [-0.4, -0.2) is 51.6 Å². The lowest BCUT2D eigenvalue weighted by Crippen LogP contribution is -2.30. The first-order valence-electron chi connectivity index (χ1n) is 8.33. The van der Waals surface area contributed by atoms with E-state index in [-0.39, 0.29) is 24.8 Å². The summed E-state index contributed by atoms with van der Waals surface area (Å²) in [5.74, 6) is -1.35. The van der Waals surface area contributed by atoms with Gasteiger partial charge in [0.2, 0.25) is 10.0 Å². The van der Waals surface area contributed by atoms with E-state index in [2.05, 4.69) is 4.72 Å². The molecule has 2 rings (SSSR count). The third-order valence-electron chi connectivity index (χ3n) is 3.68. The van der Waals surface area contributed by atoms with E-state index in [9.17, 15) is 22.4 Å². The van der Waals surface area contributed by atoms with Gasteiger partial charge in [0.05, 0.1) is 6.26 Å². The third-order valence-corrected chi connectivity index (χ3v) is 5.54. The number of hydrogen-bond acceptors (Lipinski definition) is 6. The molecule has 1 N–H and O–H groups in total. The van der Waals surface area contributed by atoms with Crippen LogP contribution in [0.3, 0.4) is 0 Å². The summed E-state index contributed by atoms with van der Waals surface area (Å²) in [6.07, 6.45) is 1.53. The number of nitrogens with one attached hydrogen (secondary N) is 1. The predicted molar refractivity (Wildman–Crippen MR) is 104 cm³/mol. The fourth-order valence-electron chi connectivity index (χ4n) is 2.24. The average molecular weight is 429 g/mol. The lowest BCUT2D eigenvalue weighted by atomic mass is 10.2. The van der Waals surface area contributed by atoms with Gasteiger partial charge in [-0.1, -0.05) is 12.1 Å². The van der Waals surface area contributed by atoms with Crippen LogP contribution in [0.5, 0.6) is 0 Å². The number of carbonyl (C=O) groups excluding carboxylic acids is 2. The van der Waals surface area contributed by atoms with Gasteiger partial charge in [-0.05, 0) is 36.2 Å². The number of esters is 1. The van der Waals surface area contributed by atoms with Gasteiger partial charge in [0.25, 0.3) is 5.91 Å². The number of nitrogens with zero attached hydrogens (tertiary/aromatic N) is 1.